The lowest BCUT2D eigenvalue weighted by Crippen LogP contribution is -2.48. The van der Waals surface area contributed by atoms with Crippen LogP contribution in [0.3, 0.4) is 0 Å². The summed E-state index contributed by atoms with van der Waals surface area (Å²) in [5, 5.41) is 3.30. The van der Waals surface area contributed by atoms with Crippen LogP contribution in [-0.4, -0.2) is 19.6 Å². The van der Waals surface area contributed by atoms with E-state index in [0.717, 1.165) is 26.2 Å². The fraction of sp³-hybridized carbons (Fsp3) is 0.400. The maximum Gasteiger partial charge on any atom is 0.146 e. The van der Waals surface area contributed by atoms with Gasteiger partial charge in [0.1, 0.15) is 5.82 Å². The fourth-order valence-corrected chi connectivity index (χ4v) is 2.97. The summed E-state index contributed by atoms with van der Waals surface area (Å²) in [6.45, 7) is 8.08. The molecule has 0 aromatic heterocycles. The molecule has 122 valence electrons. The largest absolute Gasteiger partial charge is 0.364 e. The van der Waals surface area contributed by atoms with Gasteiger partial charge in [0.25, 0.3) is 0 Å². The Morgan fingerprint density at radius 1 is 1.09 bits per heavy atom. The van der Waals surface area contributed by atoms with Gasteiger partial charge in [0, 0.05) is 32.1 Å². The first kappa shape index (κ1) is 16.0. The maximum absolute atomic E-state index is 14.2. The molecule has 1 aliphatic heterocycles. The zero-order chi connectivity index (χ0) is 16.2. The highest BCUT2D eigenvalue weighted by Gasteiger charge is 2.22. The highest BCUT2D eigenvalue weighted by molar-refractivity contribution is 5.48. The first-order valence-corrected chi connectivity index (χ1v) is 8.42. The van der Waals surface area contributed by atoms with Crippen LogP contribution in [0.2, 0.25) is 0 Å². The Hall–Kier alpha value is -1.87. The molecule has 2 aromatic rings. The van der Waals surface area contributed by atoms with Crippen LogP contribution in [-0.2, 0) is 6.54 Å². The Morgan fingerprint density at radius 2 is 1.78 bits per heavy atom. The molecule has 0 aliphatic carbocycles. The van der Waals surface area contributed by atoms with Crippen LogP contribution in [0.5, 0.6) is 0 Å². The molecule has 23 heavy (non-hydrogen) atoms. The Balaban J connectivity index is 1.79. The summed E-state index contributed by atoms with van der Waals surface area (Å²) in [4.78, 5) is 2.17. The van der Waals surface area contributed by atoms with Gasteiger partial charge in [-0.1, -0.05) is 50.2 Å². The van der Waals surface area contributed by atoms with Gasteiger partial charge >= 0.3 is 0 Å². The van der Waals surface area contributed by atoms with Crippen molar-refractivity contribution in [1.82, 2.24) is 5.32 Å². The molecule has 3 heteroatoms. The Labute approximate surface area is 138 Å². The van der Waals surface area contributed by atoms with Gasteiger partial charge in [-0.15, -0.1) is 0 Å². The number of nitrogens with zero attached hydrogens (tertiary/aromatic N) is 1. The third-order valence-electron chi connectivity index (χ3n) is 4.56. The summed E-state index contributed by atoms with van der Waals surface area (Å²) in [5.74, 6) is 0.996. The lowest BCUT2D eigenvalue weighted by Gasteiger charge is -2.34. The molecule has 0 saturated carbocycles. The van der Waals surface area contributed by atoms with Crippen molar-refractivity contribution in [3.8, 4) is 0 Å². The van der Waals surface area contributed by atoms with Crippen molar-refractivity contribution in [3.63, 3.8) is 0 Å². The number of rotatable bonds is 6. The second-order valence-electron chi connectivity index (χ2n) is 6.75. The summed E-state index contributed by atoms with van der Waals surface area (Å²) >= 11 is 0. The van der Waals surface area contributed by atoms with Crippen molar-refractivity contribution in [2.75, 3.05) is 24.5 Å². The summed E-state index contributed by atoms with van der Waals surface area (Å²) in [6, 6.07) is 15.8. The van der Waals surface area contributed by atoms with Gasteiger partial charge in [-0.25, -0.2) is 4.39 Å². The molecule has 1 aliphatic rings. The van der Waals surface area contributed by atoms with Crippen molar-refractivity contribution in [2.45, 2.75) is 26.3 Å². The van der Waals surface area contributed by atoms with Crippen molar-refractivity contribution in [2.24, 2.45) is 5.92 Å². The highest BCUT2D eigenvalue weighted by Crippen LogP contribution is 2.24. The van der Waals surface area contributed by atoms with Gasteiger partial charge in [0.15, 0.2) is 0 Å². The molecule has 0 radical (unpaired) electrons. The zero-order valence-electron chi connectivity index (χ0n) is 13.9. The van der Waals surface area contributed by atoms with Crippen LogP contribution in [0, 0.1) is 11.7 Å². The third-order valence-corrected chi connectivity index (χ3v) is 4.56. The van der Waals surface area contributed by atoms with Crippen LogP contribution < -0.4 is 10.2 Å². The van der Waals surface area contributed by atoms with E-state index in [2.05, 4.69) is 48.3 Å². The number of halogens is 1. The molecular weight excluding hydrogens is 287 g/mol. The molecule has 1 N–H and O–H groups in total. The Morgan fingerprint density at radius 3 is 2.35 bits per heavy atom. The number of anilines is 1. The molecule has 1 heterocycles. The molecule has 1 fully saturated rings. The quantitative estimate of drug-likeness (QED) is 0.861. The number of para-hydroxylation sites is 1. The lowest BCUT2D eigenvalue weighted by molar-refractivity contribution is 0.347. The minimum absolute atomic E-state index is 0.140. The van der Waals surface area contributed by atoms with E-state index in [0.29, 0.717) is 17.5 Å². The molecule has 0 amide bonds. The SMILES string of the molecule is CC(C)c1ccc(CN(CC2CNC2)c2ccccc2F)cc1. The van der Waals surface area contributed by atoms with Gasteiger partial charge in [0.2, 0.25) is 0 Å². The molecule has 0 unspecified atom stereocenters. The number of nitrogens with one attached hydrogen (secondary N) is 1. The number of hydrogen-bond donors (Lipinski definition) is 1. The van der Waals surface area contributed by atoms with E-state index in [4.69, 9.17) is 0 Å². The normalized spacial score (nSPS) is 14.8. The average Bonchev–Trinajstić information content (AvgIpc) is 2.51. The van der Waals surface area contributed by atoms with Gasteiger partial charge in [-0.3, -0.25) is 0 Å². The minimum atomic E-state index is -0.140. The van der Waals surface area contributed by atoms with Crippen molar-refractivity contribution >= 4 is 5.69 Å². The standard InChI is InChI=1S/C20H25FN2/c1-15(2)18-9-7-16(8-10-18)13-23(14-17-11-22-12-17)20-6-4-3-5-19(20)21/h3-10,15,17,22H,11-14H2,1-2H3. The summed E-state index contributed by atoms with van der Waals surface area (Å²) in [5.41, 5.74) is 3.27. The van der Waals surface area contributed by atoms with E-state index in [1.165, 1.54) is 11.1 Å². The van der Waals surface area contributed by atoms with E-state index < -0.39 is 0 Å². The Kier molecular flexibility index (Phi) is 4.97. The molecule has 3 rings (SSSR count). The van der Waals surface area contributed by atoms with E-state index >= 15 is 0 Å². The third kappa shape index (κ3) is 3.91. The number of hydrogen-bond acceptors (Lipinski definition) is 2. The molecule has 2 aromatic carbocycles. The van der Waals surface area contributed by atoms with Gasteiger partial charge in [0.05, 0.1) is 5.69 Å². The summed E-state index contributed by atoms with van der Waals surface area (Å²) in [6.07, 6.45) is 0. The average molecular weight is 312 g/mol. The first-order chi connectivity index (χ1) is 11.1. The second-order valence-corrected chi connectivity index (χ2v) is 6.75. The monoisotopic (exact) mass is 312 g/mol. The first-order valence-electron chi connectivity index (χ1n) is 8.42. The summed E-state index contributed by atoms with van der Waals surface area (Å²) in [7, 11) is 0. The van der Waals surface area contributed by atoms with Crippen LogP contribution in [0.4, 0.5) is 10.1 Å². The smallest absolute Gasteiger partial charge is 0.146 e. The van der Waals surface area contributed by atoms with Crippen molar-refractivity contribution in [1.29, 1.82) is 0 Å². The maximum atomic E-state index is 14.2. The minimum Gasteiger partial charge on any atom is -0.364 e. The van der Waals surface area contributed by atoms with Crippen molar-refractivity contribution in [3.05, 3.63) is 65.5 Å². The molecular formula is C20H25FN2. The van der Waals surface area contributed by atoms with Gasteiger partial charge < -0.3 is 10.2 Å². The van der Waals surface area contributed by atoms with E-state index in [1.54, 1.807) is 12.1 Å². The fourth-order valence-electron chi connectivity index (χ4n) is 2.97. The molecule has 0 atom stereocenters. The zero-order valence-corrected chi connectivity index (χ0v) is 13.9. The van der Waals surface area contributed by atoms with E-state index in [9.17, 15) is 4.39 Å². The molecule has 0 bridgehead atoms. The second kappa shape index (κ2) is 7.14. The molecule has 2 nitrogen and oxygen atoms in total. The number of benzene rings is 2. The predicted octanol–water partition coefficient (Wildman–Crippen LogP) is 4.18. The Bertz CT molecular complexity index is 632. The van der Waals surface area contributed by atoms with E-state index in [-0.39, 0.29) is 5.82 Å². The van der Waals surface area contributed by atoms with Crippen LogP contribution in [0.15, 0.2) is 48.5 Å². The highest BCUT2D eigenvalue weighted by atomic mass is 19.1. The predicted molar refractivity (Wildman–Crippen MR) is 94.3 cm³/mol. The van der Waals surface area contributed by atoms with Gasteiger partial charge in [-0.2, -0.15) is 0 Å². The van der Waals surface area contributed by atoms with Crippen molar-refractivity contribution < 1.29 is 4.39 Å². The van der Waals surface area contributed by atoms with Crippen LogP contribution in [0.25, 0.3) is 0 Å². The topological polar surface area (TPSA) is 15.3 Å². The van der Waals surface area contributed by atoms with Crippen LogP contribution >= 0.6 is 0 Å². The van der Waals surface area contributed by atoms with Crippen LogP contribution in [0.1, 0.15) is 30.9 Å². The molecule has 1 saturated heterocycles. The van der Waals surface area contributed by atoms with E-state index in [1.807, 2.05) is 12.1 Å². The summed E-state index contributed by atoms with van der Waals surface area (Å²) < 4.78 is 14.2. The lowest BCUT2D eigenvalue weighted by atomic mass is 10.00. The van der Waals surface area contributed by atoms with Gasteiger partial charge in [-0.05, 0) is 29.2 Å². The molecule has 0 spiro atoms.